The predicted octanol–water partition coefficient (Wildman–Crippen LogP) is 3.01. The third kappa shape index (κ3) is 8.68. The second-order valence-electron chi connectivity index (χ2n) is 4.96. The van der Waals surface area contributed by atoms with Crippen molar-refractivity contribution in [3.63, 3.8) is 0 Å². The van der Waals surface area contributed by atoms with E-state index in [0.29, 0.717) is 19.4 Å². The zero-order chi connectivity index (χ0) is 12.6. The first-order valence-corrected chi connectivity index (χ1v) is 5.90. The molecule has 0 saturated carbocycles. The molecule has 16 heavy (non-hydrogen) atoms. The minimum Gasteiger partial charge on any atom is -0.481 e. The number of carboxylic acids is 1. The van der Waals surface area contributed by atoms with Gasteiger partial charge in [-0.3, -0.25) is 4.79 Å². The first-order chi connectivity index (χ1) is 7.37. The monoisotopic (exact) mass is 232 g/mol. The maximum absolute atomic E-state index is 10.7. The summed E-state index contributed by atoms with van der Waals surface area (Å²) in [5, 5.41) is 8.83. The highest BCUT2D eigenvalue weighted by Gasteiger charge is 2.14. The highest BCUT2D eigenvalue weighted by atomic mass is 17.2. The van der Waals surface area contributed by atoms with Crippen LogP contribution >= 0.6 is 0 Å². The van der Waals surface area contributed by atoms with Gasteiger partial charge in [-0.25, -0.2) is 9.78 Å². The van der Waals surface area contributed by atoms with Crippen LogP contribution in [-0.4, -0.2) is 23.3 Å². The Hall–Kier alpha value is -0.610. The van der Waals surface area contributed by atoms with Crippen LogP contribution in [0.1, 0.15) is 53.4 Å². The minimum atomic E-state index is -0.700. The second kappa shape index (κ2) is 7.63. The fraction of sp³-hybridized carbons (Fsp3) is 0.917. The lowest BCUT2D eigenvalue weighted by molar-refractivity contribution is -0.348. The van der Waals surface area contributed by atoms with Crippen LogP contribution in [0.4, 0.5) is 0 Å². The number of carbonyl (C=O) groups is 1. The Kier molecular flexibility index (Phi) is 7.34. The maximum atomic E-state index is 10.7. The molecule has 0 aliphatic rings. The van der Waals surface area contributed by atoms with Crippen molar-refractivity contribution in [1.29, 1.82) is 0 Å². The van der Waals surface area contributed by atoms with Crippen molar-refractivity contribution in [2.24, 2.45) is 5.92 Å². The van der Waals surface area contributed by atoms with Gasteiger partial charge in [0, 0.05) is 0 Å². The molecule has 1 unspecified atom stereocenters. The molecule has 0 bridgehead atoms. The van der Waals surface area contributed by atoms with Crippen molar-refractivity contribution in [2.75, 3.05) is 6.61 Å². The second-order valence-corrected chi connectivity index (χ2v) is 4.96. The Labute approximate surface area is 97.9 Å². The Morgan fingerprint density at radius 1 is 1.31 bits per heavy atom. The van der Waals surface area contributed by atoms with Gasteiger partial charge in [-0.2, -0.15) is 0 Å². The Balaban J connectivity index is 3.43. The van der Waals surface area contributed by atoms with Gasteiger partial charge in [0.25, 0.3) is 0 Å². The van der Waals surface area contributed by atoms with E-state index in [1.807, 2.05) is 27.7 Å². The Bertz CT molecular complexity index is 196. The van der Waals surface area contributed by atoms with E-state index in [1.165, 1.54) is 0 Å². The number of rotatable bonds is 8. The third-order valence-electron chi connectivity index (χ3n) is 2.18. The molecule has 0 aromatic heterocycles. The van der Waals surface area contributed by atoms with Crippen LogP contribution in [0.15, 0.2) is 0 Å². The molecule has 0 heterocycles. The quantitative estimate of drug-likeness (QED) is 0.397. The number of hydrogen-bond acceptors (Lipinski definition) is 3. The smallest absolute Gasteiger partial charge is 0.306 e. The molecule has 0 rings (SSSR count). The van der Waals surface area contributed by atoms with Gasteiger partial charge < -0.3 is 5.11 Å². The molecule has 0 aliphatic carbocycles. The summed E-state index contributed by atoms with van der Waals surface area (Å²) in [6.07, 6.45) is 3.09. The van der Waals surface area contributed by atoms with Crippen LogP contribution in [-0.2, 0) is 14.6 Å². The van der Waals surface area contributed by atoms with Crippen LogP contribution in [0.2, 0.25) is 0 Å². The van der Waals surface area contributed by atoms with Crippen LogP contribution < -0.4 is 0 Å². The highest BCUT2D eigenvalue weighted by Crippen LogP contribution is 2.13. The molecule has 0 aromatic carbocycles. The normalized spacial score (nSPS) is 13.8. The molecule has 4 heteroatoms. The topological polar surface area (TPSA) is 55.8 Å². The van der Waals surface area contributed by atoms with Gasteiger partial charge in [0.1, 0.15) is 0 Å². The molecule has 4 nitrogen and oxygen atoms in total. The lowest BCUT2D eigenvalue weighted by Crippen LogP contribution is -2.19. The molecule has 1 atom stereocenters. The molecule has 96 valence electrons. The van der Waals surface area contributed by atoms with Crippen molar-refractivity contribution in [3.05, 3.63) is 0 Å². The van der Waals surface area contributed by atoms with E-state index in [2.05, 4.69) is 0 Å². The lowest BCUT2D eigenvalue weighted by Gasteiger charge is -2.17. The zero-order valence-electron chi connectivity index (χ0n) is 10.8. The maximum Gasteiger partial charge on any atom is 0.306 e. The SMILES string of the molecule is CCC(CCCCOOC(C)(C)C)C(=O)O. The van der Waals surface area contributed by atoms with Crippen LogP contribution in [0.3, 0.4) is 0 Å². The summed E-state index contributed by atoms with van der Waals surface area (Å²) >= 11 is 0. The first-order valence-electron chi connectivity index (χ1n) is 5.90. The number of aliphatic carboxylic acids is 1. The molecule has 0 radical (unpaired) electrons. The number of hydrogen-bond donors (Lipinski definition) is 1. The molecule has 0 amide bonds. The van der Waals surface area contributed by atoms with Crippen molar-refractivity contribution in [2.45, 2.75) is 59.0 Å². The van der Waals surface area contributed by atoms with E-state index < -0.39 is 5.97 Å². The average Bonchev–Trinajstić information content (AvgIpc) is 2.14. The lowest BCUT2D eigenvalue weighted by atomic mass is 10.00. The third-order valence-corrected chi connectivity index (χ3v) is 2.18. The predicted molar refractivity (Wildman–Crippen MR) is 62.1 cm³/mol. The molecule has 0 aromatic rings. The Morgan fingerprint density at radius 3 is 2.38 bits per heavy atom. The van der Waals surface area contributed by atoms with Gasteiger partial charge >= 0.3 is 5.97 Å². The van der Waals surface area contributed by atoms with Gasteiger partial charge in [0.2, 0.25) is 0 Å². The van der Waals surface area contributed by atoms with Crippen molar-refractivity contribution in [3.8, 4) is 0 Å². The van der Waals surface area contributed by atoms with Crippen LogP contribution in [0, 0.1) is 5.92 Å². The number of carboxylic acid groups (broad SMARTS) is 1. The summed E-state index contributed by atoms with van der Waals surface area (Å²) in [6, 6.07) is 0. The van der Waals surface area contributed by atoms with Gasteiger partial charge in [-0.05, 0) is 40.0 Å². The molecule has 0 aliphatic heterocycles. The van der Waals surface area contributed by atoms with E-state index in [0.717, 1.165) is 12.8 Å². The fourth-order valence-corrected chi connectivity index (χ4v) is 1.27. The summed E-state index contributed by atoms with van der Waals surface area (Å²) in [7, 11) is 0. The van der Waals surface area contributed by atoms with Crippen molar-refractivity contribution in [1.82, 2.24) is 0 Å². The van der Waals surface area contributed by atoms with Gasteiger partial charge in [-0.1, -0.05) is 13.3 Å². The largest absolute Gasteiger partial charge is 0.481 e. The molecular formula is C12H24O4. The molecular weight excluding hydrogens is 208 g/mol. The Morgan fingerprint density at radius 2 is 1.94 bits per heavy atom. The highest BCUT2D eigenvalue weighted by molar-refractivity contribution is 5.69. The summed E-state index contributed by atoms with van der Waals surface area (Å²) < 4.78 is 0. The van der Waals surface area contributed by atoms with E-state index in [-0.39, 0.29) is 11.5 Å². The first kappa shape index (κ1) is 15.4. The van der Waals surface area contributed by atoms with Gasteiger partial charge in [0.15, 0.2) is 0 Å². The summed E-state index contributed by atoms with van der Waals surface area (Å²) in [4.78, 5) is 20.8. The summed E-state index contributed by atoms with van der Waals surface area (Å²) in [6.45, 7) is 8.19. The fourth-order valence-electron chi connectivity index (χ4n) is 1.27. The standard InChI is InChI=1S/C12H24O4/c1-5-10(11(13)14)8-6-7-9-15-16-12(2,3)4/h10H,5-9H2,1-4H3,(H,13,14). The van der Waals surface area contributed by atoms with E-state index in [4.69, 9.17) is 14.9 Å². The van der Waals surface area contributed by atoms with Crippen molar-refractivity contribution >= 4 is 5.97 Å². The van der Waals surface area contributed by atoms with E-state index in [9.17, 15) is 4.79 Å². The summed E-state index contributed by atoms with van der Waals surface area (Å²) in [5.74, 6) is -0.919. The van der Waals surface area contributed by atoms with E-state index >= 15 is 0 Å². The minimum absolute atomic E-state index is 0.219. The van der Waals surface area contributed by atoms with Gasteiger partial charge in [-0.15, -0.1) is 0 Å². The summed E-state index contributed by atoms with van der Waals surface area (Å²) in [5.41, 5.74) is -0.285. The average molecular weight is 232 g/mol. The number of unbranched alkanes of at least 4 members (excludes halogenated alkanes) is 1. The molecule has 1 N–H and O–H groups in total. The van der Waals surface area contributed by atoms with E-state index in [1.54, 1.807) is 0 Å². The van der Waals surface area contributed by atoms with Crippen molar-refractivity contribution < 1.29 is 19.7 Å². The molecule has 0 saturated heterocycles. The van der Waals surface area contributed by atoms with Crippen LogP contribution in [0.25, 0.3) is 0 Å². The van der Waals surface area contributed by atoms with Crippen LogP contribution in [0.5, 0.6) is 0 Å². The molecule has 0 fully saturated rings. The van der Waals surface area contributed by atoms with Gasteiger partial charge in [0.05, 0.1) is 18.1 Å². The zero-order valence-corrected chi connectivity index (χ0v) is 10.8. The molecule has 0 spiro atoms.